The first kappa shape index (κ1) is 23.0. The number of carbonyl (C=O) groups excluding carboxylic acids is 1. The second-order valence-corrected chi connectivity index (χ2v) is 10.7. The van der Waals surface area contributed by atoms with Crippen LogP contribution in [0.5, 0.6) is 0 Å². The molecule has 33 heavy (non-hydrogen) atoms. The summed E-state index contributed by atoms with van der Waals surface area (Å²) in [5, 5.41) is 5.01. The van der Waals surface area contributed by atoms with Crippen LogP contribution in [0.15, 0.2) is 93.6 Å². The van der Waals surface area contributed by atoms with Gasteiger partial charge in [0.1, 0.15) is 11.5 Å². The van der Waals surface area contributed by atoms with Crippen LogP contribution in [0.2, 0.25) is 0 Å². The van der Waals surface area contributed by atoms with Crippen molar-refractivity contribution in [3.8, 4) is 0 Å². The van der Waals surface area contributed by atoms with Crippen LogP contribution >= 0.6 is 11.3 Å². The maximum Gasteiger partial charge on any atom is 0.287 e. The molecule has 5 nitrogen and oxygen atoms in total. The number of furan rings is 1. The molecule has 0 aliphatic carbocycles. The predicted molar refractivity (Wildman–Crippen MR) is 130 cm³/mol. The van der Waals surface area contributed by atoms with Crippen molar-refractivity contribution in [3.05, 3.63) is 112 Å². The molecule has 4 aromatic rings. The third-order valence-corrected chi connectivity index (χ3v) is 7.87. The Hall–Kier alpha value is -3.16. The number of nitrogens with one attached hydrogen (secondary N) is 1. The molecule has 2 heterocycles. The standard InChI is InChI=1S/C26H25NO4S2/c1-2-7-19-11-13-20(14-12-19)25(24-10-6-17-32-24)27-26(28)23-16-15-21(31-23)18-33(29,30)22-8-4-3-5-9-22/h3-6,8-17,25H,2,7,18H2,1H3,(H,27,28). The molecule has 0 radical (unpaired) electrons. The molecule has 0 fully saturated rings. The highest BCUT2D eigenvalue weighted by molar-refractivity contribution is 7.90. The van der Waals surface area contributed by atoms with Gasteiger partial charge in [0.25, 0.3) is 5.91 Å². The highest BCUT2D eigenvalue weighted by Gasteiger charge is 2.23. The molecule has 1 amide bonds. The van der Waals surface area contributed by atoms with Gasteiger partial charge >= 0.3 is 0 Å². The van der Waals surface area contributed by atoms with E-state index in [1.54, 1.807) is 41.7 Å². The van der Waals surface area contributed by atoms with Crippen molar-refractivity contribution < 1.29 is 17.6 Å². The smallest absolute Gasteiger partial charge is 0.287 e. The van der Waals surface area contributed by atoms with Gasteiger partial charge in [0, 0.05) is 4.88 Å². The summed E-state index contributed by atoms with van der Waals surface area (Å²) in [5.41, 5.74) is 2.23. The van der Waals surface area contributed by atoms with Gasteiger partial charge in [0.15, 0.2) is 15.6 Å². The number of benzene rings is 2. The van der Waals surface area contributed by atoms with Crippen LogP contribution in [-0.4, -0.2) is 14.3 Å². The summed E-state index contributed by atoms with van der Waals surface area (Å²) in [6.07, 6.45) is 2.09. The molecule has 0 spiro atoms. The summed E-state index contributed by atoms with van der Waals surface area (Å²) < 4.78 is 30.8. The van der Waals surface area contributed by atoms with Crippen molar-refractivity contribution in [3.63, 3.8) is 0 Å². The fourth-order valence-corrected chi connectivity index (χ4v) is 5.69. The Labute approximate surface area is 198 Å². The molecule has 1 N–H and O–H groups in total. The summed E-state index contributed by atoms with van der Waals surface area (Å²) in [6.45, 7) is 2.14. The van der Waals surface area contributed by atoms with E-state index in [0.29, 0.717) is 0 Å². The van der Waals surface area contributed by atoms with Crippen molar-refractivity contribution in [2.75, 3.05) is 0 Å². The zero-order chi connectivity index (χ0) is 23.3. The third-order valence-electron chi connectivity index (χ3n) is 5.27. The summed E-state index contributed by atoms with van der Waals surface area (Å²) >= 11 is 1.56. The van der Waals surface area contributed by atoms with E-state index in [9.17, 15) is 13.2 Å². The molecule has 4 rings (SSSR count). The van der Waals surface area contributed by atoms with Crippen molar-refractivity contribution in [2.45, 2.75) is 36.5 Å². The van der Waals surface area contributed by atoms with Crippen molar-refractivity contribution in [1.29, 1.82) is 0 Å². The Bertz CT molecular complexity index is 1290. The van der Waals surface area contributed by atoms with E-state index in [1.807, 2.05) is 29.6 Å². The van der Waals surface area contributed by atoms with Crippen molar-refractivity contribution in [1.82, 2.24) is 5.32 Å². The minimum atomic E-state index is -3.56. The van der Waals surface area contributed by atoms with Gasteiger partial charge in [-0.15, -0.1) is 11.3 Å². The lowest BCUT2D eigenvalue weighted by Crippen LogP contribution is -2.28. The largest absolute Gasteiger partial charge is 0.455 e. The number of carbonyl (C=O) groups is 1. The second kappa shape index (κ2) is 10.2. The minimum absolute atomic E-state index is 0.0809. The van der Waals surface area contributed by atoms with Gasteiger partial charge < -0.3 is 9.73 Å². The molecular weight excluding hydrogens is 454 g/mol. The highest BCUT2D eigenvalue weighted by atomic mass is 32.2. The molecule has 2 aromatic heterocycles. The number of rotatable bonds is 9. The van der Waals surface area contributed by atoms with Gasteiger partial charge in [0.2, 0.25) is 0 Å². The second-order valence-electron chi connectivity index (χ2n) is 7.75. The number of amides is 1. The average Bonchev–Trinajstić information content (AvgIpc) is 3.51. The number of aryl methyl sites for hydroxylation is 1. The van der Waals surface area contributed by atoms with Gasteiger partial charge in [-0.25, -0.2) is 8.42 Å². The minimum Gasteiger partial charge on any atom is -0.455 e. The zero-order valence-electron chi connectivity index (χ0n) is 18.2. The van der Waals surface area contributed by atoms with Crippen LogP contribution in [0, 0.1) is 0 Å². The van der Waals surface area contributed by atoms with Crippen LogP contribution in [-0.2, 0) is 22.0 Å². The molecular formula is C26H25NO4S2. The molecule has 0 aliphatic heterocycles. The molecule has 1 atom stereocenters. The zero-order valence-corrected chi connectivity index (χ0v) is 19.9. The summed E-state index contributed by atoms with van der Waals surface area (Å²) in [6, 6.07) is 23.1. The number of hydrogen-bond acceptors (Lipinski definition) is 5. The van der Waals surface area contributed by atoms with E-state index in [4.69, 9.17) is 4.42 Å². The molecule has 0 saturated heterocycles. The first-order valence-corrected chi connectivity index (χ1v) is 13.3. The first-order chi connectivity index (χ1) is 16.0. The molecule has 2 aromatic carbocycles. The molecule has 1 unspecified atom stereocenters. The number of sulfone groups is 1. The van der Waals surface area contributed by atoms with E-state index in [2.05, 4.69) is 24.4 Å². The number of hydrogen-bond donors (Lipinski definition) is 1. The van der Waals surface area contributed by atoms with Gasteiger partial charge in [-0.1, -0.05) is 61.9 Å². The van der Waals surface area contributed by atoms with Crippen LogP contribution in [0.25, 0.3) is 0 Å². The monoisotopic (exact) mass is 479 g/mol. The normalized spacial score (nSPS) is 12.4. The Kier molecular flexibility index (Phi) is 7.11. The van der Waals surface area contributed by atoms with Crippen molar-refractivity contribution in [2.24, 2.45) is 0 Å². The van der Waals surface area contributed by atoms with E-state index in [0.717, 1.165) is 23.3 Å². The molecule has 0 aliphatic rings. The Morgan fingerprint density at radius 1 is 0.970 bits per heavy atom. The Balaban J connectivity index is 1.51. The Morgan fingerprint density at radius 2 is 1.73 bits per heavy atom. The highest BCUT2D eigenvalue weighted by Crippen LogP contribution is 2.27. The first-order valence-electron chi connectivity index (χ1n) is 10.8. The molecule has 7 heteroatoms. The Morgan fingerprint density at radius 3 is 2.39 bits per heavy atom. The lowest BCUT2D eigenvalue weighted by molar-refractivity contribution is 0.0914. The third kappa shape index (κ3) is 5.61. The lowest BCUT2D eigenvalue weighted by Gasteiger charge is -2.18. The van der Waals surface area contributed by atoms with Gasteiger partial charge in [-0.2, -0.15) is 0 Å². The fourth-order valence-electron chi connectivity index (χ4n) is 3.62. The summed E-state index contributed by atoms with van der Waals surface area (Å²) in [4.78, 5) is 14.2. The van der Waals surface area contributed by atoms with Crippen LogP contribution in [0.1, 0.15) is 51.7 Å². The number of thiophene rings is 1. The quantitative estimate of drug-likeness (QED) is 0.330. The topological polar surface area (TPSA) is 76.4 Å². The lowest BCUT2D eigenvalue weighted by atomic mass is 10.0. The maximum atomic E-state index is 13.0. The van der Waals surface area contributed by atoms with Gasteiger partial charge in [0.05, 0.1) is 10.9 Å². The van der Waals surface area contributed by atoms with E-state index >= 15 is 0 Å². The van der Waals surface area contributed by atoms with Gasteiger partial charge in [-0.05, 0) is 53.3 Å². The molecule has 0 saturated carbocycles. The van der Waals surface area contributed by atoms with Crippen molar-refractivity contribution >= 4 is 27.1 Å². The van der Waals surface area contributed by atoms with E-state index in [-0.39, 0.29) is 28.2 Å². The summed E-state index contributed by atoms with van der Waals surface area (Å²) in [5.74, 6) is -0.398. The van der Waals surface area contributed by atoms with Crippen LogP contribution < -0.4 is 5.32 Å². The van der Waals surface area contributed by atoms with E-state index < -0.39 is 15.7 Å². The maximum absolute atomic E-state index is 13.0. The van der Waals surface area contributed by atoms with Crippen LogP contribution in [0.4, 0.5) is 0 Å². The van der Waals surface area contributed by atoms with E-state index in [1.165, 1.54) is 17.7 Å². The van der Waals surface area contributed by atoms with Gasteiger partial charge in [-0.3, -0.25) is 4.79 Å². The predicted octanol–water partition coefficient (Wildman–Crippen LogP) is 5.79. The summed E-state index contributed by atoms with van der Waals surface area (Å²) in [7, 11) is -3.56. The SMILES string of the molecule is CCCc1ccc(C(NC(=O)c2ccc(CS(=O)(=O)c3ccccc3)o2)c2cccs2)cc1. The fraction of sp³-hybridized carbons (Fsp3) is 0.192. The average molecular weight is 480 g/mol. The molecule has 0 bridgehead atoms. The van der Waals surface area contributed by atoms with Crippen LogP contribution in [0.3, 0.4) is 0 Å². The molecule has 170 valence electrons.